The Labute approximate surface area is 77.5 Å². The second-order valence-corrected chi connectivity index (χ2v) is 3.15. The van der Waals surface area contributed by atoms with Gasteiger partial charge in [-0.2, -0.15) is 0 Å². The minimum Gasteiger partial charge on any atom is -0.399 e. The van der Waals surface area contributed by atoms with Crippen LogP contribution in [0.15, 0.2) is 18.2 Å². The zero-order valence-electron chi connectivity index (χ0n) is 6.89. The smallest absolute Gasteiger partial charge is 0.0439 e. The quantitative estimate of drug-likeness (QED) is 0.705. The molecule has 0 fully saturated rings. The molecular formula is C9H13ClN2. The molecule has 1 rings (SSSR count). The number of rotatable bonds is 3. The predicted octanol–water partition coefficient (Wildman–Crippen LogP) is 1.81. The van der Waals surface area contributed by atoms with Gasteiger partial charge in [0, 0.05) is 10.7 Å². The SMILES string of the molecule is NCCCc1cc(N)ccc1Cl. The van der Waals surface area contributed by atoms with Crippen molar-refractivity contribution in [2.75, 3.05) is 12.3 Å². The summed E-state index contributed by atoms with van der Waals surface area (Å²) in [5, 5.41) is 0.776. The van der Waals surface area contributed by atoms with Crippen molar-refractivity contribution in [3.63, 3.8) is 0 Å². The van der Waals surface area contributed by atoms with Crippen LogP contribution >= 0.6 is 11.6 Å². The molecule has 1 aromatic carbocycles. The molecule has 0 aliphatic carbocycles. The lowest BCUT2D eigenvalue weighted by atomic mass is 10.1. The second-order valence-electron chi connectivity index (χ2n) is 2.74. The van der Waals surface area contributed by atoms with Gasteiger partial charge < -0.3 is 11.5 Å². The van der Waals surface area contributed by atoms with Gasteiger partial charge in [0.05, 0.1) is 0 Å². The zero-order valence-corrected chi connectivity index (χ0v) is 7.64. The number of hydrogen-bond acceptors (Lipinski definition) is 2. The average molecular weight is 185 g/mol. The molecule has 4 N–H and O–H groups in total. The fourth-order valence-electron chi connectivity index (χ4n) is 1.08. The lowest BCUT2D eigenvalue weighted by Crippen LogP contribution is -2.01. The van der Waals surface area contributed by atoms with Gasteiger partial charge in [0.25, 0.3) is 0 Å². The minimum atomic E-state index is 0.686. The van der Waals surface area contributed by atoms with Crippen LogP contribution < -0.4 is 11.5 Å². The van der Waals surface area contributed by atoms with Gasteiger partial charge in [0.2, 0.25) is 0 Å². The minimum absolute atomic E-state index is 0.686. The highest BCUT2D eigenvalue weighted by Crippen LogP contribution is 2.19. The number of anilines is 1. The molecule has 3 heteroatoms. The molecule has 0 saturated heterocycles. The van der Waals surface area contributed by atoms with Crippen LogP contribution in [0.2, 0.25) is 5.02 Å². The van der Waals surface area contributed by atoms with Gasteiger partial charge in [-0.15, -0.1) is 0 Å². The Kier molecular flexibility index (Phi) is 3.38. The van der Waals surface area contributed by atoms with E-state index in [1.807, 2.05) is 12.1 Å². The van der Waals surface area contributed by atoms with E-state index >= 15 is 0 Å². The van der Waals surface area contributed by atoms with Gasteiger partial charge in [0.15, 0.2) is 0 Å². The molecule has 12 heavy (non-hydrogen) atoms. The first kappa shape index (κ1) is 9.36. The average Bonchev–Trinajstić information content (AvgIpc) is 2.07. The number of nitrogen functional groups attached to an aromatic ring is 1. The normalized spacial score (nSPS) is 10.2. The topological polar surface area (TPSA) is 52.0 Å². The Morgan fingerprint density at radius 3 is 2.75 bits per heavy atom. The summed E-state index contributed by atoms with van der Waals surface area (Å²) in [6, 6.07) is 5.52. The van der Waals surface area contributed by atoms with E-state index in [0.29, 0.717) is 6.54 Å². The molecule has 0 atom stereocenters. The lowest BCUT2D eigenvalue weighted by Gasteiger charge is -2.03. The van der Waals surface area contributed by atoms with E-state index in [1.165, 1.54) is 0 Å². The van der Waals surface area contributed by atoms with Crippen molar-refractivity contribution >= 4 is 17.3 Å². The Bertz CT molecular complexity index is 261. The van der Waals surface area contributed by atoms with Crippen LogP contribution in [0.3, 0.4) is 0 Å². The summed E-state index contributed by atoms with van der Waals surface area (Å²) in [5.74, 6) is 0. The van der Waals surface area contributed by atoms with E-state index < -0.39 is 0 Å². The molecular weight excluding hydrogens is 172 g/mol. The number of nitrogens with two attached hydrogens (primary N) is 2. The standard InChI is InChI=1S/C9H13ClN2/c10-9-4-3-8(12)6-7(9)2-1-5-11/h3-4,6H,1-2,5,11-12H2. The van der Waals surface area contributed by atoms with Crippen LogP contribution in [0.4, 0.5) is 5.69 Å². The van der Waals surface area contributed by atoms with E-state index in [4.69, 9.17) is 23.1 Å². The summed E-state index contributed by atoms with van der Waals surface area (Å²) in [6.07, 6.45) is 1.85. The third kappa shape index (κ3) is 2.40. The van der Waals surface area contributed by atoms with Crippen LogP contribution in [0.5, 0.6) is 0 Å². The second kappa shape index (κ2) is 4.33. The third-order valence-electron chi connectivity index (χ3n) is 1.72. The summed E-state index contributed by atoms with van der Waals surface area (Å²) in [6.45, 7) is 0.686. The highest BCUT2D eigenvalue weighted by atomic mass is 35.5. The maximum atomic E-state index is 5.94. The molecule has 0 aromatic heterocycles. The Balaban J connectivity index is 2.75. The fraction of sp³-hybridized carbons (Fsp3) is 0.333. The lowest BCUT2D eigenvalue weighted by molar-refractivity contribution is 0.833. The fourth-order valence-corrected chi connectivity index (χ4v) is 1.29. The molecule has 0 spiro atoms. The maximum absolute atomic E-state index is 5.94. The Hall–Kier alpha value is -0.730. The molecule has 66 valence electrons. The van der Waals surface area contributed by atoms with Crippen molar-refractivity contribution < 1.29 is 0 Å². The molecule has 0 radical (unpaired) electrons. The predicted molar refractivity (Wildman–Crippen MR) is 53.2 cm³/mol. The Morgan fingerprint density at radius 2 is 2.08 bits per heavy atom. The van der Waals surface area contributed by atoms with Gasteiger partial charge in [-0.05, 0) is 43.1 Å². The third-order valence-corrected chi connectivity index (χ3v) is 2.09. The number of aryl methyl sites for hydroxylation is 1. The summed E-state index contributed by atoms with van der Waals surface area (Å²) in [5.41, 5.74) is 12.8. The van der Waals surface area contributed by atoms with Gasteiger partial charge in [0.1, 0.15) is 0 Å². The number of halogens is 1. The zero-order chi connectivity index (χ0) is 8.97. The summed E-state index contributed by atoms with van der Waals surface area (Å²) in [7, 11) is 0. The monoisotopic (exact) mass is 184 g/mol. The maximum Gasteiger partial charge on any atom is 0.0439 e. The van der Waals surface area contributed by atoms with Crippen LogP contribution in [-0.4, -0.2) is 6.54 Å². The van der Waals surface area contributed by atoms with Crippen LogP contribution in [0, 0.1) is 0 Å². The van der Waals surface area contributed by atoms with Crippen LogP contribution in [-0.2, 0) is 6.42 Å². The molecule has 0 unspecified atom stereocenters. The summed E-state index contributed by atoms with van der Waals surface area (Å²) < 4.78 is 0. The van der Waals surface area contributed by atoms with Crippen LogP contribution in [0.25, 0.3) is 0 Å². The van der Waals surface area contributed by atoms with Crippen molar-refractivity contribution in [2.45, 2.75) is 12.8 Å². The molecule has 0 amide bonds. The molecule has 2 nitrogen and oxygen atoms in total. The largest absolute Gasteiger partial charge is 0.399 e. The van der Waals surface area contributed by atoms with E-state index in [9.17, 15) is 0 Å². The van der Waals surface area contributed by atoms with E-state index in [0.717, 1.165) is 29.1 Å². The molecule has 1 aromatic rings. The van der Waals surface area contributed by atoms with E-state index in [1.54, 1.807) is 6.07 Å². The van der Waals surface area contributed by atoms with Crippen LogP contribution in [0.1, 0.15) is 12.0 Å². The van der Waals surface area contributed by atoms with Gasteiger partial charge in [-0.25, -0.2) is 0 Å². The molecule has 0 saturated carbocycles. The van der Waals surface area contributed by atoms with Crippen molar-refractivity contribution in [2.24, 2.45) is 5.73 Å². The Morgan fingerprint density at radius 1 is 1.33 bits per heavy atom. The van der Waals surface area contributed by atoms with Gasteiger partial charge >= 0.3 is 0 Å². The first-order chi connectivity index (χ1) is 5.74. The van der Waals surface area contributed by atoms with E-state index in [2.05, 4.69) is 0 Å². The van der Waals surface area contributed by atoms with Gasteiger partial charge in [-0.1, -0.05) is 11.6 Å². The molecule has 0 aliphatic heterocycles. The van der Waals surface area contributed by atoms with Crippen molar-refractivity contribution in [1.82, 2.24) is 0 Å². The van der Waals surface area contributed by atoms with Crippen molar-refractivity contribution in [1.29, 1.82) is 0 Å². The number of hydrogen-bond donors (Lipinski definition) is 2. The van der Waals surface area contributed by atoms with Crippen molar-refractivity contribution in [3.8, 4) is 0 Å². The first-order valence-corrected chi connectivity index (χ1v) is 4.36. The highest BCUT2D eigenvalue weighted by molar-refractivity contribution is 6.31. The molecule has 0 aliphatic rings. The molecule has 0 heterocycles. The summed E-state index contributed by atoms with van der Waals surface area (Å²) in [4.78, 5) is 0. The van der Waals surface area contributed by atoms with Gasteiger partial charge in [-0.3, -0.25) is 0 Å². The highest BCUT2D eigenvalue weighted by Gasteiger charge is 1.99. The van der Waals surface area contributed by atoms with E-state index in [-0.39, 0.29) is 0 Å². The number of benzene rings is 1. The summed E-state index contributed by atoms with van der Waals surface area (Å²) >= 11 is 5.94. The van der Waals surface area contributed by atoms with Crippen molar-refractivity contribution in [3.05, 3.63) is 28.8 Å². The molecule has 0 bridgehead atoms. The first-order valence-electron chi connectivity index (χ1n) is 3.98.